The zero-order valence-corrected chi connectivity index (χ0v) is 14.5. The van der Waals surface area contributed by atoms with Crippen LogP contribution in [0, 0.1) is 0 Å². The zero-order valence-electron chi connectivity index (χ0n) is 13.7. The van der Waals surface area contributed by atoms with E-state index in [2.05, 4.69) is 10.6 Å². The largest absolute Gasteiger partial charge is 0.416 e. The highest BCUT2D eigenvalue weighted by atomic mass is 35.5. The Kier molecular flexibility index (Phi) is 6.45. The highest BCUT2D eigenvalue weighted by Crippen LogP contribution is 2.32. The lowest BCUT2D eigenvalue weighted by molar-refractivity contribution is -0.137. The third kappa shape index (κ3) is 5.54. The lowest BCUT2D eigenvalue weighted by Crippen LogP contribution is -2.45. The van der Waals surface area contributed by atoms with E-state index in [4.69, 9.17) is 0 Å². The molecule has 0 spiro atoms. The molecule has 0 radical (unpaired) electrons. The molecule has 1 amide bonds. The van der Waals surface area contributed by atoms with Crippen LogP contribution in [0.5, 0.6) is 0 Å². The molecule has 1 unspecified atom stereocenters. The van der Waals surface area contributed by atoms with Crippen LogP contribution >= 0.6 is 12.4 Å². The fourth-order valence-corrected chi connectivity index (χ4v) is 2.55. The molecule has 1 aliphatic heterocycles. The minimum Gasteiger partial charge on any atom is -0.354 e. The predicted molar refractivity (Wildman–Crippen MR) is 86.1 cm³/mol. The quantitative estimate of drug-likeness (QED) is 0.777. The zero-order chi connectivity index (χ0) is 18.2. The van der Waals surface area contributed by atoms with Crippen molar-refractivity contribution in [3.05, 3.63) is 35.4 Å². The van der Waals surface area contributed by atoms with Crippen LogP contribution in [0.3, 0.4) is 0 Å². The number of nitrogens with one attached hydrogen (secondary N) is 2. The number of amides is 1. The topological polar surface area (TPSA) is 41.1 Å². The molecular formula is C16H20ClF5N2O. The van der Waals surface area contributed by atoms with E-state index in [1.165, 1.54) is 6.07 Å². The van der Waals surface area contributed by atoms with Crippen LogP contribution < -0.4 is 10.6 Å². The number of alkyl halides is 5. The van der Waals surface area contributed by atoms with Crippen LogP contribution in [0.25, 0.3) is 0 Å². The van der Waals surface area contributed by atoms with E-state index in [1.807, 2.05) is 0 Å². The Bertz CT molecular complexity index is 619. The Balaban J connectivity index is 0.00000312. The van der Waals surface area contributed by atoms with E-state index >= 15 is 0 Å². The smallest absolute Gasteiger partial charge is 0.354 e. The van der Waals surface area contributed by atoms with Crippen molar-refractivity contribution >= 4 is 18.3 Å². The van der Waals surface area contributed by atoms with Gasteiger partial charge in [0, 0.05) is 18.4 Å². The van der Waals surface area contributed by atoms with Crippen LogP contribution in [-0.2, 0) is 16.4 Å². The van der Waals surface area contributed by atoms with Crippen molar-refractivity contribution in [3.63, 3.8) is 0 Å². The highest BCUT2D eigenvalue weighted by molar-refractivity contribution is 5.85. The average Bonchev–Trinajstić information content (AvgIpc) is 2.84. The molecule has 1 saturated heterocycles. The molecule has 1 aromatic rings. The molecule has 1 aliphatic rings. The summed E-state index contributed by atoms with van der Waals surface area (Å²) in [5, 5.41) is 4.98. The lowest BCUT2D eigenvalue weighted by atomic mass is 9.83. The number of benzene rings is 1. The summed E-state index contributed by atoms with van der Waals surface area (Å²) in [6.45, 7) is 2.85. The molecule has 1 fully saturated rings. The average molecular weight is 387 g/mol. The molecule has 2 N–H and O–H groups in total. The summed E-state index contributed by atoms with van der Waals surface area (Å²) in [4.78, 5) is 12.0. The van der Waals surface area contributed by atoms with Gasteiger partial charge in [-0.05, 0) is 11.6 Å². The van der Waals surface area contributed by atoms with Gasteiger partial charge in [-0.2, -0.15) is 13.2 Å². The number of carbonyl (C=O) groups is 1. The summed E-state index contributed by atoms with van der Waals surface area (Å²) in [7, 11) is 0. The minimum absolute atomic E-state index is 0. The molecule has 9 heteroatoms. The van der Waals surface area contributed by atoms with Crippen molar-refractivity contribution in [3.8, 4) is 0 Å². The third-order valence-corrected chi connectivity index (χ3v) is 4.10. The van der Waals surface area contributed by atoms with E-state index in [1.54, 1.807) is 19.9 Å². The maximum absolute atomic E-state index is 13.1. The van der Waals surface area contributed by atoms with Gasteiger partial charge in [0.2, 0.25) is 5.91 Å². The third-order valence-electron chi connectivity index (χ3n) is 4.10. The second kappa shape index (κ2) is 7.45. The van der Waals surface area contributed by atoms with Crippen molar-refractivity contribution in [1.82, 2.24) is 10.6 Å². The lowest BCUT2D eigenvalue weighted by Gasteiger charge is -2.27. The van der Waals surface area contributed by atoms with Gasteiger partial charge in [0.15, 0.2) is 0 Å². The first kappa shape index (κ1) is 21.6. The maximum Gasteiger partial charge on any atom is 0.416 e. The molecule has 1 atom stereocenters. The predicted octanol–water partition coefficient (Wildman–Crippen LogP) is 3.52. The molecule has 1 aromatic carbocycles. The summed E-state index contributed by atoms with van der Waals surface area (Å²) in [6.07, 6.45) is -5.03. The molecule has 2 rings (SSSR count). The SMILES string of the molecule is CC(C)(CNC(=O)C1CC(F)(F)CN1)c1cccc(C(F)(F)F)c1.Cl. The number of hydrogen-bond acceptors (Lipinski definition) is 2. The van der Waals surface area contributed by atoms with E-state index in [9.17, 15) is 26.7 Å². The van der Waals surface area contributed by atoms with Crippen LogP contribution in [0.4, 0.5) is 22.0 Å². The van der Waals surface area contributed by atoms with Crippen LogP contribution in [0.2, 0.25) is 0 Å². The van der Waals surface area contributed by atoms with Crippen LogP contribution in [0.1, 0.15) is 31.4 Å². The maximum atomic E-state index is 13.1. The second-order valence-electron chi connectivity index (χ2n) is 6.67. The van der Waals surface area contributed by atoms with Crippen LogP contribution in [-0.4, -0.2) is 31.0 Å². The number of carbonyl (C=O) groups excluding carboxylic acids is 1. The Hall–Kier alpha value is -1.41. The molecule has 142 valence electrons. The van der Waals surface area contributed by atoms with Gasteiger partial charge in [0.25, 0.3) is 5.92 Å². The summed E-state index contributed by atoms with van der Waals surface area (Å²) in [5.74, 6) is -3.49. The van der Waals surface area contributed by atoms with E-state index in [-0.39, 0.29) is 19.0 Å². The monoisotopic (exact) mass is 386 g/mol. The van der Waals surface area contributed by atoms with Crippen molar-refractivity contribution < 1.29 is 26.7 Å². The molecule has 0 bridgehead atoms. The van der Waals surface area contributed by atoms with Gasteiger partial charge in [-0.15, -0.1) is 12.4 Å². The first-order valence-electron chi connectivity index (χ1n) is 7.47. The fraction of sp³-hybridized carbons (Fsp3) is 0.562. The molecule has 1 heterocycles. The van der Waals surface area contributed by atoms with Crippen molar-refractivity contribution in [1.29, 1.82) is 0 Å². The van der Waals surface area contributed by atoms with Gasteiger partial charge in [-0.1, -0.05) is 32.0 Å². The van der Waals surface area contributed by atoms with Gasteiger partial charge < -0.3 is 5.32 Å². The van der Waals surface area contributed by atoms with Gasteiger partial charge in [0.1, 0.15) is 0 Å². The summed E-state index contributed by atoms with van der Waals surface area (Å²) in [6, 6.07) is 3.87. The normalized spacial score (nSPS) is 20.0. The number of hydrogen-bond donors (Lipinski definition) is 2. The fourth-order valence-electron chi connectivity index (χ4n) is 2.55. The van der Waals surface area contributed by atoms with Gasteiger partial charge in [-0.25, -0.2) is 8.78 Å². The Morgan fingerprint density at radius 2 is 1.88 bits per heavy atom. The summed E-state index contributed by atoms with van der Waals surface area (Å²) < 4.78 is 64.6. The molecule has 0 saturated carbocycles. The Labute approximate surface area is 148 Å². The molecule has 0 aliphatic carbocycles. The van der Waals surface area contributed by atoms with E-state index in [0.29, 0.717) is 5.56 Å². The molecular weight excluding hydrogens is 367 g/mol. The highest BCUT2D eigenvalue weighted by Gasteiger charge is 2.42. The van der Waals surface area contributed by atoms with Crippen molar-refractivity contribution in [2.45, 2.75) is 43.8 Å². The number of rotatable bonds is 4. The number of halogens is 6. The van der Waals surface area contributed by atoms with Crippen molar-refractivity contribution in [2.75, 3.05) is 13.1 Å². The van der Waals surface area contributed by atoms with Crippen molar-refractivity contribution in [2.24, 2.45) is 0 Å². The standard InChI is InChI=1S/C16H19F5N2O.ClH/c1-14(2,10-4-3-5-11(6-10)16(19,20)21)8-23-13(24)12-7-15(17,18)9-22-12;/h3-6,12,22H,7-9H2,1-2H3,(H,23,24);1H. The Morgan fingerprint density at radius 3 is 2.40 bits per heavy atom. The first-order valence-corrected chi connectivity index (χ1v) is 7.47. The van der Waals surface area contributed by atoms with E-state index in [0.717, 1.165) is 12.1 Å². The van der Waals surface area contributed by atoms with Crippen LogP contribution in [0.15, 0.2) is 24.3 Å². The molecule has 3 nitrogen and oxygen atoms in total. The first-order chi connectivity index (χ1) is 10.9. The minimum atomic E-state index is -4.45. The second-order valence-corrected chi connectivity index (χ2v) is 6.67. The molecule has 0 aromatic heterocycles. The molecule has 25 heavy (non-hydrogen) atoms. The van der Waals surface area contributed by atoms with Gasteiger partial charge in [0.05, 0.1) is 18.2 Å². The summed E-state index contributed by atoms with van der Waals surface area (Å²) >= 11 is 0. The summed E-state index contributed by atoms with van der Waals surface area (Å²) in [5.41, 5.74) is -1.14. The van der Waals surface area contributed by atoms with E-state index < -0.39 is 48.0 Å². The Morgan fingerprint density at radius 1 is 1.28 bits per heavy atom. The van der Waals surface area contributed by atoms with Gasteiger partial charge in [-0.3, -0.25) is 10.1 Å². The van der Waals surface area contributed by atoms with Gasteiger partial charge >= 0.3 is 6.18 Å².